The van der Waals surface area contributed by atoms with Gasteiger partial charge in [0.25, 0.3) is 5.91 Å². The van der Waals surface area contributed by atoms with E-state index in [0.29, 0.717) is 35.2 Å². The lowest BCUT2D eigenvalue weighted by atomic mass is 9.71. The van der Waals surface area contributed by atoms with Crippen LogP contribution in [-0.2, 0) is 6.18 Å². The van der Waals surface area contributed by atoms with Crippen molar-refractivity contribution in [2.45, 2.75) is 31.1 Å². The van der Waals surface area contributed by atoms with Gasteiger partial charge < -0.3 is 15.0 Å². The number of likely N-dealkylation sites (tertiary alicyclic amines) is 1. The number of carbonyl (C=O) groups excluding carboxylic acids is 1. The summed E-state index contributed by atoms with van der Waals surface area (Å²) in [5.41, 5.74) is -0.00233. The molecule has 4 unspecified atom stereocenters. The zero-order valence-electron chi connectivity index (χ0n) is 18.7. The summed E-state index contributed by atoms with van der Waals surface area (Å²) in [6, 6.07) is 6.80. The molecule has 6 rings (SSSR count). The fourth-order valence-electron chi connectivity index (χ4n) is 5.79. The predicted octanol–water partition coefficient (Wildman–Crippen LogP) is 3.68. The van der Waals surface area contributed by atoms with Crippen LogP contribution in [0.5, 0.6) is 5.75 Å². The van der Waals surface area contributed by atoms with Gasteiger partial charge in [-0.15, -0.1) is 0 Å². The summed E-state index contributed by atoms with van der Waals surface area (Å²) < 4.78 is 44.0. The van der Waals surface area contributed by atoms with Crippen LogP contribution in [0.15, 0.2) is 49.1 Å². The summed E-state index contributed by atoms with van der Waals surface area (Å²) in [7, 11) is 1.52. The number of piperidine rings is 1. The second kappa shape index (κ2) is 7.62. The molecule has 3 aromatic rings. The van der Waals surface area contributed by atoms with Gasteiger partial charge in [0.05, 0.1) is 31.1 Å². The number of rotatable bonds is 5. The van der Waals surface area contributed by atoms with Crippen LogP contribution in [-0.4, -0.2) is 56.5 Å². The Bertz CT molecular complexity index is 1290. The summed E-state index contributed by atoms with van der Waals surface area (Å²) in [4.78, 5) is 31.8. The minimum atomic E-state index is -4.54. The van der Waals surface area contributed by atoms with E-state index in [-0.39, 0.29) is 29.2 Å². The third-order valence-corrected chi connectivity index (χ3v) is 7.41. The SMILES string of the molecule is COc1cccc(-c2ncccn2)c1C(=O)N1CC2CC23CC(Nc2cnc(C(F)(F)F)cn2)C13. The molecular weight excluding hydrogens is 461 g/mol. The maximum Gasteiger partial charge on any atom is 0.434 e. The molecule has 3 heterocycles. The monoisotopic (exact) mass is 482 g/mol. The van der Waals surface area contributed by atoms with Crippen molar-refractivity contribution in [1.82, 2.24) is 24.8 Å². The number of anilines is 1. The third-order valence-electron chi connectivity index (χ3n) is 7.41. The highest BCUT2D eigenvalue weighted by molar-refractivity contribution is 6.03. The smallest absolute Gasteiger partial charge is 0.434 e. The van der Waals surface area contributed by atoms with E-state index in [1.807, 2.05) is 4.90 Å². The number of methoxy groups -OCH3 is 1. The highest BCUT2D eigenvalue weighted by Gasteiger charge is 2.75. The van der Waals surface area contributed by atoms with Gasteiger partial charge in [0, 0.05) is 30.5 Å². The van der Waals surface area contributed by atoms with E-state index in [9.17, 15) is 18.0 Å². The number of amides is 1. The first-order chi connectivity index (χ1) is 16.8. The zero-order chi connectivity index (χ0) is 24.4. The zero-order valence-corrected chi connectivity index (χ0v) is 18.7. The Kier molecular flexibility index (Phi) is 4.74. The van der Waals surface area contributed by atoms with E-state index in [0.717, 1.165) is 25.2 Å². The first-order valence-electron chi connectivity index (χ1n) is 11.2. The van der Waals surface area contributed by atoms with E-state index in [4.69, 9.17) is 4.74 Å². The Morgan fingerprint density at radius 1 is 1.11 bits per heavy atom. The van der Waals surface area contributed by atoms with Gasteiger partial charge >= 0.3 is 6.18 Å². The number of nitrogens with one attached hydrogen (secondary N) is 1. The topological polar surface area (TPSA) is 93.1 Å². The molecule has 0 radical (unpaired) electrons. The minimum Gasteiger partial charge on any atom is -0.496 e. The third kappa shape index (κ3) is 3.40. The Morgan fingerprint density at radius 3 is 2.60 bits per heavy atom. The Hall–Kier alpha value is -3.76. The molecule has 180 valence electrons. The first-order valence-corrected chi connectivity index (χ1v) is 11.2. The van der Waals surface area contributed by atoms with Gasteiger partial charge in [0.15, 0.2) is 11.5 Å². The van der Waals surface area contributed by atoms with Gasteiger partial charge in [-0.3, -0.25) is 4.79 Å². The maximum absolute atomic E-state index is 13.9. The number of benzene rings is 1. The number of aromatic nitrogens is 4. The van der Waals surface area contributed by atoms with E-state index < -0.39 is 11.9 Å². The second-order valence-electron chi connectivity index (χ2n) is 9.23. The average molecular weight is 482 g/mol. The summed E-state index contributed by atoms with van der Waals surface area (Å²) >= 11 is 0. The number of nitrogens with zero attached hydrogens (tertiary/aromatic N) is 5. The molecule has 11 heteroatoms. The molecule has 1 amide bonds. The van der Waals surface area contributed by atoms with Crippen molar-refractivity contribution in [2.24, 2.45) is 11.3 Å². The molecule has 3 aliphatic rings. The predicted molar refractivity (Wildman–Crippen MR) is 118 cm³/mol. The van der Waals surface area contributed by atoms with Crippen molar-refractivity contribution >= 4 is 11.7 Å². The number of hydrogen-bond donors (Lipinski definition) is 1. The summed E-state index contributed by atoms with van der Waals surface area (Å²) in [5, 5.41) is 3.20. The lowest BCUT2D eigenvalue weighted by Crippen LogP contribution is -2.60. The lowest BCUT2D eigenvalue weighted by Gasteiger charge is -2.48. The number of ether oxygens (including phenoxy) is 1. The van der Waals surface area contributed by atoms with Gasteiger partial charge in [-0.1, -0.05) is 12.1 Å². The van der Waals surface area contributed by atoms with Crippen molar-refractivity contribution in [3.8, 4) is 17.1 Å². The van der Waals surface area contributed by atoms with Crippen LogP contribution in [0.2, 0.25) is 0 Å². The van der Waals surface area contributed by atoms with Crippen LogP contribution in [0.1, 0.15) is 28.9 Å². The molecule has 35 heavy (non-hydrogen) atoms. The highest BCUT2D eigenvalue weighted by Crippen LogP contribution is 2.71. The molecular formula is C24H21F3N6O2. The molecule has 3 fully saturated rings. The number of hydrogen-bond acceptors (Lipinski definition) is 7. The Labute approximate surface area is 198 Å². The van der Waals surface area contributed by atoms with Crippen molar-refractivity contribution < 1.29 is 22.7 Å². The molecule has 1 aromatic carbocycles. The summed E-state index contributed by atoms with van der Waals surface area (Å²) in [5.74, 6) is 1.36. The lowest BCUT2D eigenvalue weighted by molar-refractivity contribution is -0.141. The summed E-state index contributed by atoms with van der Waals surface area (Å²) in [6.07, 6.45) is 2.37. The number of alkyl halides is 3. The van der Waals surface area contributed by atoms with Gasteiger partial charge in [-0.25, -0.2) is 19.9 Å². The van der Waals surface area contributed by atoms with Crippen LogP contribution in [0, 0.1) is 11.3 Å². The quantitative estimate of drug-likeness (QED) is 0.593. The average Bonchev–Trinajstić information content (AvgIpc) is 3.51. The Balaban J connectivity index is 1.29. The fraction of sp³-hybridized carbons (Fsp3) is 0.375. The van der Waals surface area contributed by atoms with E-state index in [1.165, 1.54) is 7.11 Å². The molecule has 2 aromatic heterocycles. The molecule has 1 saturated heterocycles. The number of carbonyl (C=O) groups is 1. The van der Waals surface area contributed by atoms with Gasteiger partial charge in [-0.05, 0) is 36.3 Å². The van der Waals surface area contributed by atoms with Gasteiger partial charge in [0.1, 0.15) is 11.6 Å². The van der Waals surface area contributed by atoms with Crippen molar-refractivity contribution in [2.75, 3.05) is 19.0 Å². The van der Waals surface area contributed by atoms with Crippen LogP contribution in [0.4, 0.5) is 19.0 Å². The molecule has 0 bridgehead atoms. The molecule has 4 atom stereocenters. The molecule has 1 N–H and O–H groups in total. The molecule has 8 nitrogen and oxygen atoms in total. The molecule has 1 spiro atoms. The standard InChI is InChI=1S/C24H21F3N6O2/c1-35-16-5-2-4-14(21-28-6-3-7-29-21)19(16)22(34)33-12-13-8-23(13)9-15(20(23)33)32-18-11-30-17(10-31-18)24(25,26)27/h2-7,10-11,13,15,20H,8-9,12H2,1H3,(H,31,32). The van der Waals surface area contributed by atoms with Crippen LogP contribution in [0.25, 0.3) is 11.4 Å². The minimum absolute atomic E-state index is 0.0537. The molecule has 1 aliphatic heterocycles. The molecule has 2 aliphatic carbocycles. The highest BCUT2D eigenvalue weighted by atomic mass is 19.4. The summed E-state index contributed by atoms with van der Waals surface area (Å²) in [6.45, 7) is 0.619. The van der Waals surface area contributed by atoms with Crippen LogP contribution in [0.3, 0.4) is 0 Å². The largest absolute Gasteiger partial charge is 0.496 e. The Morgan fingerprint density at radius 2 is 1.91 bits per heavy atom. The van der Waals surface area contributed by atoms with Gasteiger partial charge in [-0.2, -0.15) is 13.2 Å². The normalized spacial score (nSPS) is 26.4. The van der Waals surface area contributed by atoms with E-state index in [2.05, 4.69) is 25.3 Å². The van der Waals surface area contributed by atoms with E-state index in [1.54, 1.807) is 36.7 Å². The van der Waals surface area contributed by atoms with Crippen molar-refractivity contribution in [3.63, 3.8) is 0 Å². The van der Waals surface area contributed by atoms with Crippen molar-refractivity contribution in [1.29, 1.82) is 0 Å². The van der Waals surface area contributed by atoms with Crippen molar-refractivity contribution in [3.05, 3.63) is 60.3 Å². The fourth-order valence-corrected chi connectivity index (χ4v) is 5.79. The van der Waals surface area contributed by atoms with Crippen LogP contribution < -0.4 is 10.1 Å². The molecule has 2 saturated carbocycles. The van der Waals surface area contributed by atoms with E-state index >= 15 is 0 Å². The van der Waals surface area contributed by atoms with Crippen LogP contribution >= 0.6 is 0 Å². The van der Waals surface area contributed by atoms with Gasteiger partial charge in [0.2, 0.25) is 0 Å². The first kappa shape index (κ1) is 21.8. The number of halogens is 3. The second-order valence-corrected chi connectivity index (χ2v) is 9.23. The maximum atomic E-state index is 13.9.